The monoisotopic (exact) mass is 393 g/mol. The number of hydrogen-bond acceptors (Lipinski definition) is 1. The van der Waals surface area contributed by atoms with Gasteiger partial charge in [-0.15, -0.1) is 0 Å². The van der Waals surface area contributed by atoms with E-state index in [0.717, 1.165) is 12.8 Å². The van der Waals surface area contributed by atoms with Gasteiger partial charge in [-0.05, 0) is 6.42 Å². The zero-order chi connectivity index (χ0) is 16.5. The minimum atomic E-state index is -3.75. The predicted molar refractivity (Wildman–Crippen MR) is 96.5 cm³/mol. The predicted octanol–water partition coefficient (Wildman–Crippen LogP) is 6.42. The van der Waals surface area contributed by atoms with Crippen molar-refractivity contribution in [2.24, 2.45) is 0 Å². The average Bonchev–Trinajstić information content (AvgIpc) is 2.45. The molecule has 0 spiro atoms. The Balaban J connectivity index is 0. The first-order chi connectivity index (χ1) is 10.6. The molecule has 0 saturated heterocycles. The summed E-state index contributed by atoms with van der Waals surface area (Å²) in [6, 6.07) is 0. The average molecular weight is 393 g/mol. The van der Waals surface area contributed by atoms with Gasteiger partial charge in [-0.25, -0.2) is 0 Å². The number of rotatable bonds is 17. The second kappa shape index (κ2) is 19.0. The van der Waals surface area contributed by atoms with Gasteiger partial charge in [0.25, 0.3) is 0 Å². The van der Waals surface area contributed by atoms with E-state index in [1.807, 2.05) is 0 Å². The van der Waals surface area contributed by atoms with Gasteiger partial charge in [-0.1, -0.05) is 103 Å². The van der Waals surface area contributed by atoms with Crippen LogP contribution < -0.4 is 0 Å². The van der Waals surface area contributed by atoms with E-state index in [0.29, 0.717) is 6.42 Å². The van der Waals surface area contributed by atoms with Crippen LogP contribution in [0.5, 0.6) is 0 Å². The van der Waals surface area contributed by atoms with Gasteiger partial charge < -0.3 is 9.79 Å². The summed E-state index contributed by atoms with van der Waals surface area (Å²) in [7, 11) is -3.75. The SMILES string of the molecule is CCCCCCCCCCCCCCCCCCP(=O)(O)O.[Co]. The van der Waals surface area contributed by atoms with Crippen molar-refractivity contribution in [3.05, 3.63) is 0 Å². The van der Waals surface area contributed by atoms with Crippen LogP contribution in [0.4, 0.5) is 0 Å². The van der Waals surface area contributed by atoms with E-state index in [9.17, 15) is 4.57 Å². The summed E-state index contributed by atoms with van der Waals surface area (Å²) in [5.74, 6) is 0. The molecule has 0 heterocycles. The summed E-state index contributed by atoms with van der Waals surface area (Å²) < 4.78 is 10.7. The second-order valence-electron chi connectivity index (χ2n) is 6.69. The van der Waals surface area contributed by atoms with Crippen LogP contribution in [0.3, 0.4) is 0 Å². The molecule has 0 unspecified atom stereocenters. The van der Waals surface area contributed by atoms with Gasteiger partial charge >= 0.3 is 7.60 Å². The molecule has 5 heteroatoms. The molecule has 0 atom stereocenters. The minimum Gasteiger partial charge on any atom is -0.324 e. The van der Waals surface area contributed by atoms with Crippen molar-refractivity contribution >= 4 is 7.60 Å². The Hall–Kier alpha value is 0.656. The first kappa shape index (κ1) is 25.9. The zero-order valence-corrected chi connectivity index (χ0v) is 17.0. The number of unbranched alkanes of at least 4 members (excludes halogenated alkanes) is 15. The Morgan fingerprint density at radius 2 is 0.826 bits per heavy atom. The standard InChI is InChI=1S/C18H39O3P.Co/c1-2-3-4-5-6-7-8-9-10-11-12-13-14-15-16-17-18-22(19,20)21;/h2-18H2,1H3,(H2,19,20,21);. The normalized spacial score (nSPS) is 11.4. The fraction of sp³-hybridized carbons (Fsp3) is 1.00. The summed E-state index contributed by atoms with van der Waals surface area (Å²) in [4.78, 5) is 17.5. The van der Waals surface area contributed by atoms with Crippen LogP contribution in [0.1, 0.15) is 110 Å². The molecular formula is C18H39CoO3P. The van der Waals surface area contributed by atoms with Crippen LogP contribution in [-0.4, -0.2) is 15.9 Å². The van der Waals surface area contributed by atoms with Crippen LogP contribution in [0, 0.1) is 0 Å². The maximum absolute atomic E-state index is 10.7. The van der Waals surface area contributed by atoms with Gasteiger partial charge in [0.15, 0.2) is 0 Å². The summed E-state index contributed by atoms with van der Waals surface area (Å²) in [5.41, 5.74) is 0. The van der Waals surface area contributed by atoms with E-state index in [-0.39, 0.29) is 22.9 Å². The molecule has 0 aromatic carbocycles. The topological polar surface area (TPSA) is 57.5 Å². The molecule has 0 aromatic heterocycles. The molecule has 0 saturated carbocycles. The first-order valence-electron chi connectivity index (χ1n) is 9.61. The maximum Gasteiger partial charge on any atom is 0.325 e. The van der Waals surface area contributed by atoms with Crippen molar-refractivity contribution in [3.8, 4) is 0 Å². The van der Waals surface area contributed by atoms with Gasteiger partial charge in [0, 0.05) is 22.9 Å². The molecule has 0 rings (SSSR count). The van der Waals surface area contributed by atoms with Crippen molar-refractivity contribution in [1.82, 2.24) is 0 Å². The van der Waals surface area contributed by atoms with Crippen LogP contribution >= 0.6 is 7.60 Å². The third-order valence-corrected chi connectivity index (χ3v) is 5.20. The Morgan fingerprint density at radius 3 is 1.09 bits per heavy atom. The van der Waals surface area contributed by atoms with Crippen LogP contribution in [-0.2, 0) is 21.3 Å². The Kier molecular flexibility index (Phi) is 21.4. The van der Waals surface area contributed by atoms with Gasteiger partial charge in [-0.2, -0.15) is 0 Å². The van der Waals surface area contributed by atoms with E-state index in [1.54, 1.807) is 0 Å². The van der Waals surface area contributed by atoms with Crippen molar-refractivity contribution in [1.29, 1.82) is 0 Å². The fourth-order valence-electron chi connectivity index (χ4n) is 2.87. The quantitative estimate of drug-likeness (QED) is 0.221. The van der Waals surface area contributed by atoms with E-state index in [1.165, 1.54) is 83.5 Å². The molecule has 0 bridgehead atoms. The van der Waals surface area contributed by atoms with Crippen molar-refractivity contribution in [2.75, 3.05) is 6.16 Å². The molecule has 0 aliphatic rings. The first-order valence-corrected chi connectivity index (χ1v) is 11.4. The molecule has 143 valence electrons. The van der Waals surface area contributed by atoms with Crippen LogP contribution in [0.2, 0.25) is 0 Å². The molecule has 23 heavy (non-hydrogen) atoms. The smallest absolute Gasteiger partial charge is 0.324 e. The molecule has 0 aliphatic carbocycles. The van der Waals surface area contributed by atoms with Crippen molar-refractivity contribution in [2.45, 2.75) is 110 Å². The van der Waals surface area contributed by atoms with Gasteiger partial charge in [0.2, 0.25) is 0 Å². The van der Waals surface area contributed by atoms with E-state index < -0.39 is 7.60 Å². The summed E-state index contributed by atoms with van der Waals surface area (Å²) in [6.07, 6.45) is 20.6. The van der Waals surface area contributed by atoms with E-state index in [4.69, 9.17) is 9.79 Å². The largest absolute Gasteiger partial charge is 0.325 e. The van der Waals surface area contributed by atoms with E-state index >= 15 is 0 Å². The molecule has 0 aliphatic heterocycles. The minimum absolute atomic E-state index is 0. The fourth-order valence-corrected chi connectivity index (χ4v) is 3.50. The summed E-state index contributed by atoms with van der Waals surface area (Å²) >= 11 is 0. The van der Waals surface area contributed by atoms with Gasteiger partial charge in [-0.3, -0.25) is 4.57 Å². The zero-order valence-electron chi connectivity index (χ0n) is 15.1. The molecule has 0 amide bonds. The van der Waals surface area contributed by atoms with Crippen molar-refractivity contribution < 1.29 is 31.1 Å². The van der Waals surface area contributed by atoms with Gasteiger partial charge in [0.1, 0.15) is 0 Å². The molecule has 3 nitrogen and oxygen atoms in total. The summed E-state index contributed by atoms with van der Waals surface area (Å²) in [6.45, 7) is 2.27. The number of hydrogen-bond donors (Lipinski definition) is 2. The van der Waals surface area contributed by atoms with Crippen molar-refractivity contribution in [3.63, 3.8) is 0 Å². The Morgan fingerprint density at radius 1 is 0.565 bits per heavy atom. The molecule has 0 fully saturated rings. The van der Waals surface area contributed by atoms with Crippen LogP contribution in [0.15, 0.2) is 0 Å². The molecule has 1 radical (unpaired) electrons. The second-order valence-corrected chi connectivity index (χ2v) is 8.47. The summed E-state index contributed by atoms with van der Waals surface area (Å²) in [5, 5.41) is 0. The molecule has 0 aromatic rings. The van der Waals surface area contributed by atoms with Crippen LogP contribution in [0.25, 0.3) is 0 Å². The van der Waals surface area contributed by atoms with Gasteiger partial charge in [0.05, 0.1) is 0 Å². The third kappa shape index (κ3) is 25.0. The van der Waals surface area contributed by atoms with E-state index in [2.05, 4.69) is 6.92 Å². The molecular weight excluding hydrogens is 354 g/mol. The maximum atomic E-state index is 10.7. The third-order valence-electron chi connectivity index (χ3n) is 4.30. The Labute approximate surface area is 154 Å². The Bertz CT molecular complexity index is 269. The molecule has 2 N–H and O–H groups in total.